The third-order valence-corrected chi connectivity index (χ3v) is 4.64. The van der Waals surface area contributed by atoms with E-state index < -0.39 is 0 Å². The van der Waals surface area contributed by atoms with Crippen LogP contribution in [-0.4, -0.2) is 43.5 Å². The summed E-state index contributed by atoms with van der Waals surface area (Å²) in [5.41, 5.74) is 1.85. The first-order chi connectivity index (χ1) is 12.3. The molecule has 4 heterocycles. The molecule has 1 fully saturated rings. The van der Waals surface area contributed by atoms with Crippen LogP contribution in [0, 0.1) is 0 Å². The van der Waals surface area contributed by atoms with Crippen molar-refractivity contribution in [1.82, 2.24) is 24.5 Å². The van der Waals surface area contributed by atoms with Crippen LogP contribution in [0.5, 0.6) is 0 Å². The maximum Gasteiger partial charge on any atom is 0.246 e. The molecular weight excluding hydrogens is 314 g/mol. The van der Waals surface area contributed by atoms with Crippen molar-refractivity contribution >= 4 is 17.6 Å². The minimum atomic E-state index is 0.0568. The van der Waals surface area contributed by atoms with Gasteiger partial charge in [-0.3, -0.25) is 14.2 Å². The molecule has 0 saturated carbocycles. The first kappa shape index (κ1) is 15.5. The molecule has 6 heteroatoms. The van der Waals surface area contributed by atoms with Gasteiger partial charge in [0.2, 0.25) is 5.91 Å². The number of rotatable bonds is 3. The van der Waals surface area contributed by atoms with Gasteiger partial charge in [-0.05, 0) is 48.7 Å². The molecule has 0 N–H and O–H groups in total. The predicted octanol–water partition coefficient (Wildman–Crippen LogP) is 2.54. The van der Waals surface area contributed by atoms with Crippen molar-refractivity contribution in [3.63, 3.8) is 0 Å². The second kappa shape index (κ2) is 6.84. The van der Waals surface area contributed by atoms with Gasteiger partial charge in [-0.1, -0.05) is 6.07 Å². The van der Waals surface area contributed by atoms with Crippen LogP contribution in [0.4, 0.5) is 0 Å². The molecule has 4 rings (SSSR count). The fourth-order valence-electron chi connectivity index (χ4n) is 3.24. The Morgan fingerprint density at radius 2 is 1.88 bits per heavy atom. The van der Waals surface area contributed by atoms with Crippen molar-refractivity contribution in [3.05, 3.63) is 66.4 Å². The third kappa shape index (κ3) is 3.28. The fourth-order valence-corrected chi connectivity index (χ4v) is 3.24. The van der Waals surface area contributed by atoms with E-state index in [2.05, 4.69) is 15.2 Å². The van der Waals surface area contributed by atoms with Crippen LogP contribution in [-0.2, 0) is 4.79 Å². The number of pyridine rings is 2. The summed E-state index contributed by atoms with van der Waals surface area (Å²) in [7, 11) is 0. The van der Waals surface area contributed by atoms with E-state index in [-0.39, 0.29) is 5.91 Å². The number of hydrogen-bond donors (Lipinski definition) is 0. The minimum Gasteiger partial charge on any atom is -0.339 e. The smallest absolute Gasteiger partial charge is 0.246 e. The summed E-state index contributed by atoms with van der Waals surface area (Å²) in [5, 5.41) is 8.58. The molecule has 0 aliphatic carbocycles. The number of likely N-dealkylation sites (tertiary alicyclic amines) is 1. The molecule has 0 spiro atoms. The SMILES string of the molecule is O=C(/C=C/c1ccncc1)N1CCC(c2nnc3ccccn23)CC1. The second-order valence-electron chi connectivity index (χ2n) is 6.20. The molecule has 1 aliphatic heterocycles. The lowest BCUT2D eigenvalue weighted by molar-refractivity contribution is -0.127. The molecule has 3 aromatic rings. The number of carbonyl (C=O) groups is 1. The number of nitrogens with zero attached hydrogens (tertiary/aromatic N) is 5. The third-order valence-electron chi connectivity index (χ3n) is 4.64. The highest BCUT2D eigenvalue weighted by Gasteiger charge is 2.25. The van der Waals surface area contributed by atoms with E-state index in [0.717, 1.165) is 43.0 Å². The Morgan fingerprint density at radius 3 is 2.68 bits per heavy atom. The largest absolute Gasteiger partial charge is 0.339 e. The first-order valence-corrected chi connectivity index (χ1v) is 8.48. The average molecular weight is 333 g/mol. The van der Waals surface area contributed by atoms with Crippen LogP contribution in [0.1, 0.15) is 30.1 Å². The maximum atomic E-state index is 12.4. The topological polar surface area (TPSA) is 63.4 Å². The summed E-state index contributed by atoms with van der Waals surface area (Å²) in [4.78, 5) is 18.2. The second-order valence-corrected chi connectivity index (χ2v) is 6.20. The van der Waals surface area contributed by atoms with Gasteiger partial charge in [-0.25, -0.2) is 0 Å². The van der Waals surface area contributed by atoms with Crippen LogP contribution in [0.2, 0.25) is 0 Å². The Hall–Kier alpha value is -3.02. The van der Waals surface area contributed by atoms with Crippen LogP contribution in [0.15, 0.2) is 55.0 Å². The van der Waals surface area contributed by atoms with Crippen molar-refractivity contribution in [2.24, 2.45) is 0 Å². The highest BCUT2D eigenvalue weighted by molar-refractivity contribution is 5.91. The molecule has 3 aromatic heterocycles. The Morgan fingerprint density at radius 1 is 1.08 bits per heavy atom. The lowest BCUT2D eigenvalue weighted by atomic mass is 9.96. The van der Waals surface area contributed by atoms with Gasteiger partial charge < -0.3 is 4.90 Å². The molecule has 25 heavy (non-hydrogen) atoms. The number of amides is 1. The van der Waals surface area contributed by atoms with Crippen molar-refractivity contribution < 1.29 is 4.79 Å². The predicted molar refractivity (Wildman–Crippen MR) is 94.8 cm³/mol. The zero-order valence-electron chi connectivity index (χ0n) is 13.8. The number of piperidine rings is 1. The highest BCUT2D eigenvalue weighted by Crippen LogP contribution is 2.27. The molecule has 126 valence electrons. The van der Waals surface area contributed by atoms with E-state index in [9.17, 15) is 4.79 Å². The number of fused-ring (bicyclic) bond motifs is 1. The molecule has 6 nitrogen and oxygen atoms in total. The zero-order valence-corrected chi connectivity index (χ0v) is 13.8. The van der Waals surface area contributed by atoms with E-state index in [1.807, 2.05) is 51.9 Å². The Labute approximate surface area is 145 Å². The van der Waals surface area contributed by atoms with Gasteiger partial charge in [0.05, 0.1) is 0 Å². The van der Waals surface area contributed by atoms with E-state index in [1.165, 1.54) is 0 Å². The summed E-state index contributed by atoms with van der Waals surface area (Å²) in [6, 6.07) is 9.67. The summed E-state index contributed by atoms with van der Waals surface area (Å²) in [6.45, 7) is 1.48. The van der Waals surface area contributed by atoms with E-state index >= 15 is 0 Å². The minimum absolute atomic E-state index is 0.0568. The van der Waals surface area contributed by atoms with Crippen molar-refractivity contribution in [3.8, 4) is 0 Å². The normalized spacial score (nSPS) is 15.9. The highest BCUT2D eigenvalue weighted by atomic mass is 16.2. The Kier molecular flexibility index (Phi) is 4.24. The van der Waals surface area contributed by atoms with Crippen LogP contribution in [0.25, 0.3) is 11.7 Å². The maximum absolute atomic E-state index is 12.4. The standard InChI is InChI=1S/C19H19N5O/c25-18(5-4-15-6-10-20-11-7-15)23-13-8-16(9-14-23)19-22-21-17-3-1-2-12-24(17)19/h1-7,10-12,16H,8-9,13-14H2/b5-4+. The molecule has 1 aliphatic rings. The zero-order chi connectivity index (χ0) is 17.1. The lowest BCUT2D eigenvalue weighted by Crippen LogP contribution is -2.37. The molecule has 1 saturated heterocycles. The molecule has 0 bridgehead atoms. The van der Waals surface area contributed by atoms with E-state index in [1.54, 1.807) is 18.5 Å². The van der Waals surface area contributed by atoms with Crippen LogP contribution in [0.3, 0.4) is 0 Å². The number of hydrogen-bond acceptors (Lipinski definition) is 4. The fraction of sp³-hybridized carbons (Fsp3) is 0.263. The molecular formula is C19H19N5O. The van der Waals surface area contributed by atoms with Gasteiger partial charge in [-0.15, -0.1) is 10.2 Å². The van der Waals surface area contributed by atoms with Gasteiger partial charge in [0, 0.05) is 43.7 Å². The van der Waals surface area contributed by atoms with Gasteiger partial charge >= 0.3 is 0 Å². The first-order valence-electron chi connectivity index (χ1n) is 8.48. The monoisotopic (exact) mass is 333 g/mol. The summed E-state index contributed by atoms with van der Waals surface area (Å²) in [6.07, 6.45) is 10.7. The van der Waals surface area contributed by atoms with Gasteiger partial charge in [-0.2, -0.15) is 0 Å². The summed E-state index contributed by atoms with van der Waals surface area (Å²) in [5.74, 6) is 1.39. The van der Waals surface area contributed by atoms with Crippen LogP contribution < -0.4 is 0 Å². The lowest BCUT2D eigenvalue weighted by Gasteiger charge is -2.30. The van der Waals surface area contributed by atoms with Gasteiger partial charge in [0.15, 0.2) is 5.65 Å². The number of carbonyl (C=O) groups excluding carboxylic acids is 1. The molecule has 0 radical (unpaired) electrons. The van der Waals surface area contributed by atoms with Gasteiger partial charge in [0.1, 0.15) is 5.82 Å². The molecule has 0 aromatic carbocycles. The van der Waals surface area contributed by atoms with Crippen molar-refractivity contribution in [1.29, 1.82) is 0 Å². The van der Waals surface area contributed by atoms with Crippen molar-refractivity contribution in [2.45, 2.75) is 18.8 Å². The molecule has 0 atom stereocenters. The van der Waals surface area contributed by atoms with E-state index in [0.29, 0.717) is 5.92 Å². The molecule has 0 unspecified atom stereocenters. The quantitative estimate of drug-likeness (QED) is 0.691. The van der Waals surface area contributed by atoms with E-state index in [4.69, 9.17) is 0 Å². The summed E-state index contributed by atoms with van der Waals surface area (Å²) < 4.78 is 2.05. The Balaban J connectivity index is 1.39. The molecule has 1 amide bonds. The Bertz CT molecular complexity index is 894. The van der Waals surface area contributed by atoms with Gasteiger partial charge in [0.25, 0.3) is 0 Å². The van der Waals surface area contributed by atoms with Crippen molar-refractivity contribution in [2.75, 3.05) is 13.1 Å². The van der Waals surface area contributed by atoms with Crippen LogP contribution >= 0.6 is 0 Å². The summed E-state index contributed by atoms with van der Waals surface area (Å²) >= 11 is 0. The average Bonchev–Trinajstić information content (AvgIpc) is 3.11. The number of aromatic nitrogens is 4.